The van der Waals surface area contributed by atoms with E-state index in [1.54, 1.807) is 0 Å². The third kappa shape index (κ3) is 43.5. The standard InChI is InChI=1S/C45H91NO6/c1-3-5-7-9-11-13-15-17-19-21-23-25-27-29-31-33-38-50-42-44(43-52-45(48)46-36-35-39-49-41-37-47)51-40-34-32-30-28-26-24-22-20-18-16-14-12-10-8-6-4-2/h44,47H,3-43H2,1-2H3,(H,46,48). The van der Waals surface area contributed by atoms with Gasteiger partial charge in [-0.2, -0.15) is 0 Å². The molecule has 0 spiro atoms. The van der Waals surface area contributed by atoms with E-state index in [2.05, 4.69) is 19.2 Å². The Morgan fingerprint density at radius 1 is 0.442 bits per heavy atom. The summed E-state index contributed by atoms with van der Waals surface area (Å²) < 4.78 is 22.8. The van der Waals surface area contributed by atoms with E-state index in [9.17, 15) is 4.79 Å². The number of unbranched alkanes of at least 4 members (excludes halogenated alkanes) is 30. The largest absolute Gasteiger partial charge is 0.447 e. The van der Waals surface area contributed by atoms with Crippen molar-refractivity contribution in [2.45, 2.75) is 232 Å². The van der Waals surface area contributed by atoms with Crippen LogP contribution in [0.2, 0.25) is 0 Å². The van der Waals surface area contributed by atoms with Gasteiger partial charge in [0.05, 0.1) is 19.8 Å². The lowest BCUT2D eigenvalue weighted by molar-refractivity contribution is -0.0468. The van der Waals surface area contributed by atoms with Gasteiger partial charge in [0.25, 0.3) is 0 Å². The number of aliphatic hydroxyl groups excluding tert-OH is 1. The lowest BCUT2D eigenvalue weighted by Gasteiger charge is -2.18. The number of carbonyl (C=O) groups is 1. The second kappa shape index (κ2) is 46.3. The maximum Gasteiger partial charge on any atom is 0.407 e. The summed E-state index contributed by atoms with van der Waals surface area (Å²) in [6, 6.07) is 0. The molecular weight excluding hydrogens is 650 g/mol. The minimum Gasteiger partial charge on any atom is -0.447 e. The van der Waals surface area contributed by atoms with Gasteiger partial charge in [0, 0.05) is 26.4 Å². The molecule has 0 aromatic rings. The Labute approximate surface area is 324 Å². The Hall–Kier alpha value is -0.890. The van der Waals surface area contributed by atoms with Crippen molar-refractivity contribution in [3.8, 4) is 0 Å². The average molecular weight is 742 g/mol. The Kier molecular flexibility index (Phi) is 45.5. The second-order valence-corrected chi connectivity index (χ2v) is 15.4. The van der Waals surface area contributed by atoms with Gasteiger partial charge in [-0.25, -0.2) is 4.79 Å². The van der Waals surface area contributed by atoms with Crippen molar-refractivity contribution < 1.29 is 28.8 Å². The van der Waals surface area contributed by atoms with Gasteiger partial charge in [0.1, 0.15) is 12.7 Å². The molecule has 7 heteroatoms. The van der Waals surface area contributed by atoms with Crippen molar-refractivity contribution in [3.05, 3.63) is 0 Å². The van der Waals surface area contributed by atoms with Crippen molar-refractivity contribution in [1.29, 1.82) is 0 Å². The van der Waals surface area contributed by atoms with E-state index in [1.165, 1.54) is 193 Å². The predicted molar refractivity (Wildman–Crippen MR) is 222 cm³/mol. The zero-order chi connectivity index (χ0) is 37.7. The smallest absolute Gasteiger partial charge is 0.407 e. The first-order valence-electron chi connectivity index (χ1n) is 23.0. The maximum atomic E-state index is 12.2. The van der Waals surface area contributed by atoms with E-state index in [0.29, 0.717) is 39.4 Å². The molecule has 0 aliphatic rings. The Balaban J connectivity index is 3.93. The molecular formula is C45H91NO6. The summed E-state index contributed by atoms with van der Waals surface area (Å²) in [4.78, 5) is 12.2. The zero-order valence-corrected chi connectivity index (χ0v) is 35.1. The molecule has 0 aliphatic carbocycles. The summed E-state index contributed by atoms with van der Waals surface area (Å²) in [5, 5.41) is 11.6. The van der Waals surface area contributed by atoms with Crippen molar-refractivity contribution in [2.75, 3.05) is 52.8 Å². The molecule has 7 nitrogen and oxygen atoms in total. The molecule has 2 N–H and O–H groups in total. The van der Waals surface area contributed by atoms with Gasteiger partial charge in [0.15, 0.2) is 0 Å². The van der Waals surface area contributed by atoms with Crippen LogP contribution in [0.4, 0.5) is 4.79 Å². The summed E-state index contributed by atoms with van der Waals surface area (Å²) >= 11 is 0. The van der Waals surface area contributed by atoms with E-state index >= 15 is 0 Å². The number of ether oxygens (including phenoxy) is 4. The van der Waals surface area contributed by atoms with Crippen molar-refractivity contribution in [3.63, 3.8) is 0 Å². The van der Waals surface area contributed by atoms with Gasteiger partial charge in [-0.1, -0.05) is 206 Å². The number of alkyl carbamates (subject to hydrolysis) is 1. The van der Waals surface area contributed by atoms with Gasteiger partial charge in [0.2, 0.25) is 0 Å². The molecule has 0 saturated carbocycles. The highest BCUT2D eigenvalue weighted by atomic mass is 16.6. The number of aliphatic hydroxyl groups is 1. The van der Waals surface area contributed by atoms with Gasteiger partial charge in [-0.05, 0) is 19.3 Å². The van der Waals surface area contributed by atoms with Gasteiger partial charge in [-0.3, -0.25) is 0 Å². The van der Waals surface area contributed by atoms with Gasteiger partial charge < -0.3 is 29.4 Å². The van der Waals surface area contributed by atoms with E-state index in [-0.39, 0.29) is 19.3 Å². The van der Waals surface area contributed by atoms with Crippen LogP contribution in [-0.2, 0) is 18.9 Å². The number of hydrogen-bond acceptors (Lipinski definition) is 6. The fourth-order valence-electron chi connectivity index (χ4n) is 6.76. The summed E-state index contributed by atoms with van der Waals surface area (Å²) in [7, 11) is 0. The third-order valence-electron chi connectivity index (χ3n) is 10.2. The molecule has 0 saturated heterocycles. The fourth-order valence-corrected chi connectivity index (χ4v) is 6.76. The Morgan fingerprint density at radius 3 is 1.21 bits per heavy atom. The van der Waals surface area contributed by atoms with Crippen molar-refractivity contribution in [2.24, 2.45) is 0 Å². The Bertz CT molecular complexity index is 666. The zero-order valence-electron chi connectivity index (χ0n) is 35.1. The topological polar surface area (TPSA) is 86.3 Å². The van der Waals surface area contributed by atoms with Crippen LogP contribution in [-0.4, -0.2) is 70.1 Å². The van der Waals surface area contributed by atoms with Gasteiger partial charge in [-0.15, -0.1) is 0 Å². The average Bonchev–Trinajstić information content (AvgIpc) is 3.15. The molecule has 0 aliphatic heterocycles. The van der Waals surface area contributed by atoms with Crippen LogP contribution in [0.25, 0.3) is 0 Å². The minimum absolute atomic E-state index is 0.0118. The first-order valence-corrected chi connectivity index (χ1v) is 23.0. The molecule has 312 valence electrons. The van der Waals surface area contributed by atoms with Crippen LogP contribution in [0.3, 0.4) is 0 Å². The van der Waals surface area contributed by atoms with Crippen LogP contribution in [0.15, 0.2) is 0 Å². The summed E-state index contributed by atoms with van der Waals surface area (Å²) in [6.07, 6.45) is 43.5. The summed E-state index contributed by atoms with van der Waals surface area (Å²) in [6.45, 7) is 7.95. The van der Waals surface area contributed by atoms with E-state index < -0.39 is 6.09 Å². The molecule has 0 bridgehead atoms. The minimum atomic E-state index is -0.434. The van der Waals surface area contributed by atoms with Gasteiger partial charge >= 0.3 is 6.09 Å². The fraction of sp³-hybridized carbons (Fsp3) is 0.978. The highest BCUT2D eigenvalue weighted by Gasteiger charge is 2.13. The SMILES string of the molecule is CCCCCCCCCCCCCCCCCCOCC(COC(=O)NCCCOCCO)OCCCCCCCCCCCCCCCCCC. The van der Waals surface area contributed by atoms with E-state index in [1.807, 2.05) is 0 Å². The molecule has 1 unspecified atom stereocenters. The highest BCUT2D eigenvalue weighted by Crippen LogP contribution is 2.15. The molecule has 0 aromatic heterocycles. The summed E-state index contributed by atoms with van der Waals surface area (Å²) in [5.74, 6) is 0. The highest BCUT2D eigenvalue weighted by molar-refractivity contribution is 5.67. The lowest BCUT2D eigenvalue weighted by Crippen LogP contribution is -2.32. The predicted octanol–water partition coefficient (Wildman–Crippen LogP) is 13.0. The van der Waals surface area contributed by atoms with Crippen LogP contribution >= 0.6 is 0 Å². The number of carbonyl (C=O) groups excluding carboxylic acids is 1. The third-order valence-corrected chi connectivity index (χ3v) is 10.2. The van der Waals surface area contributed by atoms with Crippen molar-refractivity contribution >= 4 is 6.09 Å². The summed E-state index contributed by atoms with van der Waals surface area (Å²) in [5.41, 5.74) is 0. The molecule has 52 heavy (non-hydrogen) atoms. The van der Waals surface area contributed by atoms with E-state index in [0.717, 1.165) is 19.4 Å². The molecule has 0 rings (SSSR count). The first kappa shape index (κ1) is 51.1. The van der Waals surface area contributed by atoms with Crippen molar-refractivity contribution in [1.82, 2.24) is 5.32 Å². The number of amides is 1. The first-order chi connectivity index (χ1) is 25.7. The second-order valence-electron chi connectivity index (χ2n) is 15.4. The number of rotatable bonds is 45. The van der Waals surface area contributed by atoms with Crippen LogP contribution in [0.5, 0.6) is 0 Å². The van der Waals surface area contributed by atoms with E-state index in [4.69, 9.17) is 24.1 Å². The quantitative estimate of drug-likeness (QED) is 0.0604. The lowest BCUT2D eigenvalue weighted by atomic mass is 10.0. The molecule has 0 heterocycles. The normalized spacial score (nSPS) is 12.1. The molecule has 1 atom stereocenters. The monoisotopic (exact) mass is 742 g/mol. The van der Waals surface area contributed by atoms with Crippen LogP contribution in [0.1, 0.15) is 226 Å². The Morgan fingerprint density at radius 2 is 0.808 bits per heavy atom. The number of hydrogen-bond donors (Lipinski definition) is 2. The molecule has 0 aromatic carbocycles. The molecule has 0 radical (unpaired) electrons. The molecule has 0 fully saturated rings. The maximum absolute atomic E-state index is 12.2. The van der Waals surface area contributed by atoms with Crippen LogP contribution in [0, 0.1) is 0 Å². The number of nitrogens with one attached hydrogen (secondary N) is 1. The van der Waals surface area contributed by atoms with Crippen LogP contribution < -0.4 is 5.32 Å². The molecule has 1 amide bonds.